The van der Waals surface area contributed by atoms with E-state index in [1.54, 1.807) is 0 Å². The maximum absolute atomic E-state index is 5.53. The Morgan fingerprint density at radius 2 is 2.10 bits per heavy atom. The van der Waals surface area contributed by atoms with Crippen molar-refractivity contribution >= 4 is 17.6 Å². The molecule has 114 valence electrons. The van der Waals surface area contributed by atoms with E-state index in [4.69, 9.17) is 10.8 Å². The van der Waals surface area contributed by atoms with Gasteiger partial charge in [-0.05, 0) is 30.9 Å². The molecule has 0 bridgehead atoms. The largest absolute Gasteiger partial charge is 0.388 e. The lowest BCUT2D eigenvalue weighted by atomic mass is 9.84. The van der Waals surface area contributed by atoms with Crippen molar-refractivity contribution < 1.29 is 0 Å². The van der Waals surface area contributed by atoms with Crippen LogP contribution in [0.3, 0.4) is 0 Å². The van der Waals surface area contributed by atoms with Gasteiger partial charge in [0.25, 0.3) is 0 Å². The second kappa shape index (κ2) is 7.81. The van der Waals surface area contributed by atoms with Crippen LogP contribution in [0.25, 0.3) is 0 Å². The van der Waals surface area contributed by atoms with E-state index in [1.165, 1.54) is 32.1 Å². The fraction of sp³-hybridized carbons (Fsp3) is 0.529. The number of nitrogens with zero attached hydrogens (tertiary/aromatic N) is 2. The van der Waals surface area contributed by atoms with Crippen molar-refractivity contribution in [3.63, 3.8) is 0 Å². The average molecular weight is 286 g/mol. The Kier molecular flexibility index (Phi) is 5.78. The molecule has 1 fully saturated rings. The summed E-state index contributed by atoms with van der Waals surface area (Å²) < 4.78 is 0. The lowest BCUT2D eigenvalue weighted by Crippen LogP contribution is -2.19. The van der Waals surface area contributed by atoms with Crippen molar-refractivity contribution in [2.45, 2.75) is 45.1 Å². The van der Waals surface area contributed by atoms with Gasteiger partial charge in [-0.25, -0.2) is 0 Å². The van der Waals surface area contributed by atoms with Crippen LogP contribution in [0.2, 0.25) is 0 Å². The van der Waals surface area contributed by atoms with Crippen molar-refractivity contribution in [3.8, 4) is 0 Å². The zero-order chi connectivity index (χ0) is 15.1. The van der Waals surface area contributed by atoms with Crippen molar-refractivity contribution in [1.82, 2.24) is 0 Å². The lowest BCUT2D eigenvalue weighted by molar-refractivity contribution is 0.317. The van der Waals surface area contributed by atoms with Crippen LogP contribution >= 0.6 is 0 Å². The molecule has 0 amide bonds. The summed E-state index contributed by atoms with van der Waals surface area (Å²) in [5.41, 5.74) is 2.82. The molecule has 0 spiro atoms. The summed E-state index contributed by atoms with van der Waals surface area (Å²) in [7, 11) is 1.90. The van der Waals surface area contributed by atoms with Gasteiger partial charge in [0.05, 0.1) is 6.04 Å². The highest BCUT2D eigenvalue weighted by atomic mass is 15.1. The highest BCUT2D eigenvalue weighted by Crippen LogP contribution is 2.28. The van der Waals surface area contributed by atoms with Crippen molar-refractivity contribution in [1.29, 1.82) is 0 Å². The molecular weight excluding hydrogens is 260 g/mol. The molecule has 4 nitrogen and oxygen atoms in total. The minimum Gasteiger partial charge on any atom is -0.388 e. The molecular formula is C17H26N4. The number of nitrogens with one attached hydrogen (secondary N) is 1. The van der Waals surface area contributed by atoms with E-state index in [0.717, 1.165) is 22.9 Å². The molecule has 1 aromatic carbocycles. The SMILES string of the molecule is CCC1CCCC(N=C/C(=N\N)c2ccc(NC)cc2)C1. The minimum absolute atomic E-state index is 0.428. The maximum Gasteiger partial charge on any atom is 0.108 e. The van der Waals surface area contributed by atoms with Gasteiger partial charge >= 0.3 is 0 Å². The summed E-state index contributed by atoms with van der Waals surface area (Å²) in [6.07, 6.45) is 8.12. The molecule has 2 rings (SSSR count). The Balaban J connectivity index is 2.02. The number of anilines is 1. The topological polar surface area (TPSA) is 62.8 Å². The van der Waals surface area contributed by atoms with Crippen LogP contribution in [0.15, 0.2) is 34.4 Å². The molecule has 1 aromatic rings. The second-order valence-electron chi connectivity index (χ2n) is 5.71. The van der Waals surface area contributed by atoms with Gasteiger partial charge in [-0.2, -0.15) is 5.10 Å². The molecule has 1 aliphatic rings. The molecule has 0 saturated heterocycles. The number of hydrogen-bond acceptors (Lipinski definition) is 4. The molecule has 1 saturated carbocycles. The Labute approximate surface area is 127 Å². The molecule has 0 aromatic heterocycles. The predicted molar refractivity (Wildman–Crippen MR) is 91.2 cm³/mol. The molecule has 0 radical (unpaired) electrons. The Morgan fingerprint density at radius 3 is 2.71 bits per heavy atom. The molecule has 0 aliphatic heterocycles. The van der Waals surface area contributed by atoms with E-state index in [0.29, 0.717) is 6.04 Å². The number of hydrazone groups is 1. The van der Waals surface area contributed by atoms with Crippen molar-refractivity contribution in [3.05, 3.63) is 29.8 Å². The number of rotatable bonds is 5. The van der Waals surface area contributed by atoms with Gasteiger partial charge in [0.2, 0.25) is 0 Å². The molecule has 2 atom stereocenters. The third-order valence-corrected chi connectivity index (χ3v) is 4.35. The van der Waals surface area contributed by atoms with Crippen LogP contribution in [-0.2, 0) is 0 Å². The Bertz CT molecular complexity index is 490. The first-order valence-electron chi connectivity index (χ1n) is 7.86. The Hall–Kier alpha value is -1.84. The van der Waals surface area contributed by atoms with E-state index in [-0.39, 0.29) is 0 Å². The fourth-order valence-corrected chi connectivity index (χ4v) is 2.93. The smallest absolute Gasteiger partial charge is 0.108 e. The summed E-state index contributed by atoms with van der Waals surface area (Å²) in [6.45, 7) is 2.27. The average Bonchev–Trinajstić information content (AvgIpc) is 2.56. The van der Waals surface area contributed by atoms with Crippen LogP contribution in [0, 0.1) is 5.92 Å². The highest BCUT2D eigenvalue weighted by molar-refractivity contribution is 6.38. The van der Waals surface area contributed by atoms with Crippen LogP contribution < -0.4 is 11.2 Å². The summed E-state index contributed by atoms with van der Waals surface area (Å²) in [5, 5.41) is 6.99. The molecule has 1 aliphatic carbocycles. The summed E-state index contributed by atoms with van der Waals surface area (Å²) in [4.78, 5) is 4.72. The van der Waals surface area contributed by atoms with Gasteiger partial charge < -0.3 is 11.2 Å². The van der Waals surface area contributed by atoms with E-state index in [2.05, 4.69) is 17.3 Å². The first-order chi connectivity index (χ1) is 10.3. The summed E-state index contributed by atoms with van der Waals surface area (Å²) in [5.74, 6) is 6.35. The van der Waals surface area contributed by atoms with Gasteiger partial charge in [-0.1, -0.05) is 38.3 Å². The first-order valence-corrected chi connectivity index (χ1v) is 7.86. The zero-order valence-corrected chi connectivity index (χ0v) is 13.0. The number of hydrogen-bond donors (Lipinski definition) is 2. The molecule has 2 unspecified atom stereocenters. The van der Waals surface area contributed by atoms with Crippen LogP contribution in [0.4, 0.5) is 5.69 Å². The fourth-order valence-electron chi connectivity index (χ4n) is 2.93. The highest BCUT2D eigenvalue weighted by Gasteiger charge is 2.19. The molecule has 4 heteroatoms. The minimum atomic E-state index is 0.428. The number of benzene rings is 1. The van der Waals surface area contributed by atoms with Crippen molar-refractivity contribution in [2.75, 3.05) is 12.4 Å². The monoisotopic (exact) mass is 286 g/mol. The first kappa shape index (κ1) is 15.5. The number of nitrogens with two attached hydrogens (primary N) is 1. The molecule has 21 heavy (non-hydrogen) atoms. The van der Waals surface area contributed by atoms with Gasteiger partial charge in [0, 0.05) is 24.5 Å². The van der Waals surface area contributed by atoms with E-state index < -0.39 is 0 Å². The molecule has 3 N–H and O–H groups in total. The lowest BCUT2D eigenvalue weighted by Gasteiger charge is -2.25. The van der Waals surface area contributed by atoms with Gasteiger partial charge in [0.1, 0.15) is 5.71 Å². The van der Waals surface area contributed by atoms with E-state index in [9.17, 15) is 0 Å². The van der Waals surface area contributed by atoms with Gasteiger partial charge in [-0.3, -0.25) is 4.99 Å². The summed E-state index contributed by atoms with van der Waals surface area (Å²) >= 11 is 0. The van der Waals surface area contributed by atoms with Crippen LogP contribution in [-0.4, -0.2) is 25.0 Å². The quantitative estimate of drug-likeness (QED) is 0.495. The molecule has 0 heterocycles. The van der Waals surface area contributed by atoms with Gasteiger partial charge in [0.15, 0.2) is 0 Å². The Morgan fingerprint density at radius 1 is 1.33 bits per heavy atom. The van der Waals surface area contributed by atoms with E-state index >= 15 is 0 Å². The van der Waals surface area contributed by atoms with Crippen molar-refractivity contribution in [2.24, 2.45) is 21.9 Å². The standard InChI is InChI=1S/C17H26N4/c1-3-13-5-4-6-16(11-13)20-12-17(21-18)14-7-9-15(19-2)10-8-14/h7-10,12-13,16,19H,3-6,11,18H2,1-2H3/b20-12?,21-17+. The third kappa shape index (κ3) is 4.31. The number of aliphatic imine (C=N–C) groups is 1. The third-order valence-electron chi connectivity index (χ3n) is 4.35. The summed E-state index contributed by atoms with van der Waals surface area (Å²) in [6, 6.07) is 8.49. The predicted octanol–water partition coefficient (Wildman–Crippen LogP) is 3.43. The normalized spacial score (nSPS) is 23.4. The van der Waals surface area contributed by atoms with Crippen LogP contribution in [0.5, 0.6) is 0 Å². The van der Waals surface area contributed by atoms with Gasteiger partial charge in [-0.15, -0.1) is 0 Å². The second-order valence-corrected chi connectivity index (χ2v) is 5.71. The van der Waals surface area contributed by atoms with E-state index in [1.807, 2.05) is 37.5 Å². The zero-order valence-electron chi connectivity index (χ0n) is 13.0. The maximum atomic E-state index is 5.53. The van der Waals surface area contributed by atoms with Crippen LogP contribution in [0.1, 0.15) is 44.6 Å².